The van der Waals surface area contributed by atoms with Crippen molar-refractivity contribution in [2.45, 2.75) is 46.6 Å². The summed E-state index contributed by atoms with van der Waals surface area (Å²) in [4.78, 5) is 49.5. The maximum Gasteiger partial charge on any atom is 0.270 e. The first-order valence-electron chi connectivity index (χ1n) is 15.8. The minimum absolute atomic E-state index is 0.0304. The van der Waals surface area contributed by atoms with Gasteiger partial charge < -0.3 is 15.1 Å². The van der Waals surface area contributed by atoms with Gasteiger partial charge in [0.15, 0.2) is 5.82 Å². The van der Waals surface area contributed by atoms with Gasteiger partial charge in [-0.3, -0.25) is 29.0 Å². The molecule has 1 aliphatic heterocycles. The molecule has 0 bridgehead atoms. The molecule has 1 atom stereocenters. The zero-order chi connectivity index (χ0) is 34.6. The largest absolute Gasteiger partial charge is 0.366 e. The van der Waals surface area contributed by atoms with Crippen LogP contribution in [0.2, 0.25) is 5.02 Å². The summed E-state index contributed by atoms with van der Waals surface area (Å²) < 4.78 is 19.1. The van der Waals surface area contributed by atoms with Crippen molar-refractivity contribution in [2.24, 2.45) is 0 Å². The molecule has 2 N–H and O–H groups in total. The maximum atomic E-state index is 17.8. The summed E-state index contributed by atoms with van der Waals surface area (Å²) >= 11 is 7.07. The van der Waals surface area contributed by atoms with Crippen molar-refractivity contribution in [3.8, 4) is 16.8 Å². The van der Waals surface area contributed by atoms with Crippen molar-refractivity contribution in [1.29, 1.82) is 0 Å². The fourth-order valence-corrected chi connectivity index (χ4v) is 7.19. The van der Waals surface area contributed by atoms with E-state index in [-0.39, 0.29) is 63.7 Å². The van der Waals surface area contributed by atoms with E-state index in [2.05, 4.69) is 27.1 Å². The summed E-state index contributed by atoms with van der Waals surface area (Å²) in [6.07, 6.45) is 4.54. The molecule has 0 unspecified atom stereocenters. The molecule has 0 saturated carbocycles. The second-order valence-corrected chi connectivity index (χ2v) is 12.9. The van der Waals surface area contributed by atoms with Gasteiger partial charge in [0.2, 0.25) is 5.91 Å². The molecule has 6 rings (SSSR count). The molecule has 1 fully saturated rings. The molecule has 3 aromatic heterocycles. The average molecular weight is 670 g/mol. The molecule has 48 heavy (non-hydrogen) atoms. The number of nitrogens with zero attached hydrogens (tertiary/aromatic N) is 5. The summed E-state index contributed by atoms with van der Waals surface area (Å²) in [5.74, 6) is -1.71. The van der Waals surface area contributed by atoms with Crippen LogP contribution >= 0.6 is 11.6 Å². The van der Waals surface area contributed by atoms with Gasteiger partial charge in [-0.2, -0.15) is 5.10 Å². The standard InChI is InChI=1S/C36H37ClFN7O3/c1-8-26(46)44-14-13-43(17-21(44)6)33-22-15-24(37)28(27-19(4)9-10-25-23(27)16-41-42-25)30(38)34(22)45(36(48)29(33)35(47)39-7)32-20(5)11-12-40-31(32)18(2)3/h8-12,15-16,18,21H,1,13-14,17H2,2-7H3,(H,39,47)(H,41,42)/t21-/m1/s1. The number of aryl methyl sites for hydroxylation is 2. The Morgan fingerprint density at radius 2 is 1.88 bits per heavy atom. The molecule has 12 heteroatoms. The van der Waals surface area contributed by atoms with E-state index in [0.29, 0.717) is 40.0 Å². The quantitative estimate of drug-likeness (QED) is 0.213. The number of nitrogens with one attached hydrogen (secondary N) is 2. The summed E-state index contributed by atoms with van der Waals surface area (Å²) in [5, 5.41) is 10.8. The van der Waals surface area contributed by atoms with Crippen LogP contribution in [0.25, 0.3) is 38.6 Å². The normalized spacial score (nSPS) is 15.1. The number of benzene rings is 2. The van der Waals surface area contributed by atoms with Crippen molar-refractivity contribution in [3.05, 3.63) is 92.9 Å². The van der Waals surface area contributed by atoms with Crippen LogP contribution in [-0.4, -0.2) is 69.2 Å². The van der Waals surface area contributed by atoms with Gasteiger partial charge in [-0.25, -0.2) is 4.39 Å². The highest BCUT2D eigenvalue weighted by Crippen LogP contribution is 2.44. The van der Waals surface area contributed by atoms with E-state index in [4.69, 9.17) is 11.6 Å². The van der Waals surface area contributed by atoms with Crippen molar-refractivity contribution < 1.29 is 14.0 Å². The number of aromatic nitrogens is 4. The molecule has 4 heterocycles. The molecule has 1 aliphatic rings. The smallest absolute Gasteiger partial charge is 0.270 e. The number of anilines is 1. The van der Waals surface area contributed by atoms with Crippen LogP contribution in [0.15, 0.2) is 54.1 Å². The van der Waals surface area contributed by atoms with E-state index in [1.807, 2.05) is 51.7 Å². The Kier molecular flexibility index (Phi) is 8.59. The van der Waals surface area contributed by atoms with Gasteiger partial charge in [-0.1, -0.05) is 38.1 Å². The van der Waals surface area contributed by atoms with Crippen LogP contribution in [-0.2, 0) is 4.79 Å². The number of hydrogen-bond acceptors (Lipinski definition) is 6. The van der Waals surface area contributed by atoms with Crippen LogP contribution in [0, 0.1) is 19.7 Å². The lowest BCUT2D eigenvalue weighted by Crippen LogP contribution is -2.54. The molecule has 0 aliphatic carbocycles. The molecule has 1 saturated heterocycles. The fraction of sp³-hybridized carbons (Fsp3) is 0.306. The van der Waals surface area contributed by atoms with Crippen LogP contribution in [0.1, 0.15) is 53.9 Å². The molecule has 10 nitrogen and oxygen atoms in total. The number of piperazine rings is 1. The average Bonchev–Trinajstić information content (AvgIpc) is 3.54. The number of H-pyrrole nitrogens is 1. The monoisotopic (exact) mass is 669 g/mol. The molecular formula is C36H37ClFN7O3. The second kappa shape index (κ2) is 12.5. The first-order chi connectivity index (χ1) is 22.9. The third kappa shape index (κ3) is 5.13. The molecule has 5 aromatic rings. The number of amides is 2. The van der Waals surface area contributed by atoms with E-state index in [0.717, 1.165) is 5.56 Å². The summed E-state index contributed by atoms with van der Waals surface area (Å²) in [7, 11) is 1.45. The lowest BCUT2D eigenvalue weighted by atomic mass is 9.93. The van der Waals surface area contributed by atoms with E-state index in [1.165, 1.54) is 17.7 Å². The van der Waals surface area contributed by atoms with Gasteiger partial charge in [0.1, 0.15) is 5.56 Å². The number of aromatic amines is 1. The van der Waals surface area contributed by atoms with Gasteiger partial charge >= 0.3 is 0 Å². The summed E-state index contributed by atoms with van der Waals surface area (Å²) in [6, 6.07) is 6.82. The van der Waals surface area contributed by atoms with Crippen molar-refractivity contribution >= 4 is 50.9 Å². The maximum absolute atomic E-state index is 17.8. The fourth-order valence-electron chi connectivity index (χ4n) is 6.91. The van der Waals surface area contributed by atoms with Crippen LogP contribution in [0.3, 0.4) is 0 Å². The van der Waals surface area contributed by atoms with Gasteiger partial charge in [0.25, 0.3) is 11.5 Å². The second-order valence-electron chi connectivity index (χ2n) is 12.5. The Morgan fingerprint density at radius 3 is 2.54 bits per heavy atom. The molecule has 2 amide bonds. The molecular weight excluding hydrogens is 633 g/mol. The number of carbonyl (C=O) groups is 2. The van der Waals surface area contributed by atoms with Crippen molar-refractivity contribution in [3.63, 3.8) is 0 Å². The van der Waals surface area contributed by atoms with Crippen molar-refractivity contribution in [2.75, 3.05) is 31.6 Å². The first kappa shape index (κ1) is 32.9. The molecule has 2 aromatic carbocycles. The highest BCUT2D eigenvalue weighted by molar-refractivity contribution is 6.35. The lowest BCUT2D eigenvalue weighted by Gasteiger charge is -2.41. The van der Waals surface area contributed by atoms with Gasteiger partial charge in [-0.05, 0) is 62.1 Å². The number of fused-ring (bicyclic) bond motifs is 2. The van der Waals surface area contributed by atoms with Crippen LogP contribution < -0.4 is 15.8 Å². The minimum Gasteiger partial charge on any atom is -0.366 e. The van der Waals surface area contributed by atoms with Crippen LogP contribution in [0.5, 0.6) is 0 Å². The number of rotatable bonds is 6. The van der Waals surface area contributed by atoms with E-state index in [1.54, 1.807) is 29.4 Å². The zero-order valence-corrected chi connectivity index (χ0v) is 28.5. The minimum atomic E-state index is -0.720. The Labute approximate surface area is 282 Å². The van der Waals surface area contributed by atoms with E-state index < -0.39 is 17.3 Å². The Morgan fingerprint density at radius 1 is 1.12 bits per heavy atom. The molecule has 0 spiro atoms. The van der Waals surface area contributed by atoms with Crippen molar-refractivity contribution in [1.82, 2.24) is 30.0 Å². The highest BCUT2D eigenvalue weighted by atomic mass is 35.5. The van der Waals surface area contributed by atoms with Gasteiger partial charge in [0.05, 0.1) is 39.3 Å². The zero-order valence-electron chi connectivity index (χ0n) is 27.7. The third-order valence-electron chi connectivity index (χ3n) is 9.19. The third-order valence-corrected chi connectivity index (χ3v) is 9.49. The number of carbonyl (C=O) groups excluding carboxylic acids is 2. The lowest BCUT2D eigenvalue weighted by molar-refractivity contribution is -0.128. The van der Waals surface area contributed by atoms with E-state index in [9.17, 15) is 14.4 Å². The Hall–Kier alpha value is -5.03. The summed E-state index contributed by atoms with van der Waals surface area (Å²) in [6.45, 7) is 13.9. The predicted molar refractivity (Wildman–Crippen MR) is 188 cm³/mol. The molecule has 0 radical (unpaired) electrons. The van der Waals surface area contributed by atoms with Gasteiger partial charge in [-0.15, -0.1) is 0 Å². The van der Waals surface area contributed by atoms with Gasteiger partial charge in [0, 0.05) is 60.8 Å². The number of halogens is 2. The van der Waals surface area contributed by atoms with E-state index >= 15 is 4.39 Å². The number of pyridine rings is 2. The predicted octanol–water partition coefficient (Wildman–Crippen LogP) is 6.04. The van der Waals surface area contributed by atoms with Crippen LogP contribution in [0.4, 0.5) is 10.1 Å². The number of hydrogen-bond donors (Lipinski definition) is 2. The Bertz CT molecular complexity index is 2210. The Balaban J connectivity index is 1.80. The highest BCUT2D eigenvalue weighted by Gasteiger charge is 2.35. The molecule has 248 valence electrons. The summed E-state index contributed by atoms with van der Waals surface area (Å²) in [5.41, 5.74) is 3.14. The first-order valence-corrected chi connectivity index (χ1v) is 16.2. The topological polar surface area (TPSA) is 116 Å². The SMILES string of the molecule is C=CC(=O)N1CCN(c2c(C(=O)NC)c(=O)n(-c3c(C)ccnc3C(C)C)c3c(F)c(-c4c(C)ccc5[nH]ncc45)c(Cl)cc23)C[C@H]1C.